The molecule has 8 heteroatoms. The lowest BCUT2D eigenvalue weighted by Crippen LogP contribution is -2.33. The Bertz CT molecular complexity index is 1040. The van der Waals surface area contributed by atoms with E-state index in [0.717, 1.165) is 17.8 Å². The van der Waals surface area contributed by atoms with Gasteiger partial charge in [0.25, 0.3) is 5.91 Å². The normalized spacial score (nSPS) is 14.3. The minimum atomic E-state index is -1.31. The van der Waals surface area contributed by atoms with Crippen molar-refractivity contribution in [2.45, 2.75) is 32.2 Å². The number of thiazole rings is 1. The summed E-state index contributed by atoms with van der Waals surface area (Å²) < 4.78 is 1.35. The number of aliphatic carboxylic acids is 1. The Balaban J connectivity index is 2.20. The molecular formula is C17H15N2O4S2-. The number of amides is 1. The fourth-order valence-corrected chi connectivity index (χ4v) is 4.29. The van der Waals surface area contributed by atoms with Crippen LogP contribution in [-0.2, 0) is 9.59 Å². The first-order valence-electron chi connectivity index (χ1n) is 7.83. The van der Waals surface area contributed by atoms with Crippen molar-refractivity contribution < 1.29 is 19.8 Å². The van der Waals surface area contributed by atoms with E-state index in [4.69, 9.17) is 12.2 Å². The highest BCUT2D eigenvalue weighted by atomic mass is 32.1. The molecule has 1 aliphatic rings. The van der Waals surface area contributed by atoms with E-state index >= 15 is 0 Å². The maximum Gasteiger partial charge on any atom is 0.279 e. The Hall–Kier alpha value is -2.32. The van der Waals surface area contributed by atoms with Crippen molar-refractivity contribution >= 4 is 41.0 Å². The van der Waals surface area contributed by atoms with Gasteiger partial charge in [-0.1, -0.05) is 38.0 Å². The number of benzene rings is 1. The Kier molecular flexibility index (Phi) is 4.82. The maximum absolute atomic E-state index is 12.3. The van der Waals surface area contributed by atoms with Gasteiger partial charge in [0.15, 0.2) is 3.95 Å². The molecule has 2 aromatic rings. The molecule has 0 saturated carbocycles. The summed E-state index contributed by atoms with van der Waals surface area (Å²) in [5.41, 5.74) is 0.246. The van der Waals surface area contributed by atoms with Crippen LogP contribution >= 0.6 is 23.6 Å². The number of carbonyl (C=O) groups excluding carboxylic acids is 2. The molecule has 1 amide bonds. The summed E-state index contributed by atoms with van der Waals surface area (Å²) in [6.07, 6.45) is 1.75. The minimum Gasteiger partial charge on any atom is -0.548 e. The second-order valence-electron chi connectivity index (χ2n) is 5.68. The van der Waals surface area contributed by atoms with Crippen molar-refractivity contribution in [2.24, 2.45) is 4.99 Å². The highest BCUT2D eigenvalue weighted by Crippen LogP contribution is 2.36. The van der Waals surface area contributed by atoms with Crippen LogP contribution in [-0.4, -0.2) is 21.6 Å². The van der Waals surface area contributed by atoms with Gasteiger partial charge in [-0.25, -0.2) is 4.99 Å². The number of carboxylic acids is 1. The quantitative estimate of drug-likeness (QED) is 0.755. The van der Waals surface area contributed by atoms with Crippen LogP contribution in [0, 0.1) is 3.95 Å². The topological polar surface area (TPSA) is 94.7 Å². The summed E-state index contributed by atoms with van der Waals surface area (Å²) in [5.74, 6) is -2.11. The van der Waals surface area contributed by atoms with E-state index in [1.54, 1.807) is 24.3 Å². The standard InChI is InChI=1S/C17H16N2O4S2/c1-2-3-8-11(16(22)23)19-15(21)13(25-17(19)24)12-9-6-4-5-7-10(9)18-14(12)20/h4-7,11,21H,2-3,8H2,1H3,(H,22,23)/p-1/t11-/m0/s1. The minimum absolute atomic E-state index is 0.183. The van der Waals surface area contributed by atoms with Crippen LogP contribution in [0.5, 0.6) is 5.88 Å². The van der Waals surface area contributed by atoms with Crippen molar-refractivity contribution in [3.63, 3.8) is 0 Å². The molecular weight excluding hydrogens is 360 g/mol. The Morgan fingerprint density at radius 1 is 1.44 bits per heavy atom. The van der Waals surface area contributed by atoms with Crippen molar-refractivity contribution in [1.82, 2.24) is 4.57 Å². The van der Waals surface area contributed by atoms with Crippen LogP contribution < -0.4 is 15.7 Å². The number of para-hydroxylation sites is 1. The summed E-state index contributed by atoms with van der Waals surface area (Å²) in [6.45, 7) is 1.94. The van der Waals surface area contributed by atoms with Gasteiger partial charge < -0.3 is 15.0 Å². The van der Waals surface area contributed by atoms with Crippen LogP contribution in [0.2, 0.25) is 0 Å². The number of hydrogen-bond donors (Lipinski definition) is 1. The van der Waals surface area contributed by atoms with Crippen molar-refractivity contribution in [3.8, 4) is 5.88 Å². The number of hydrogen-bond acceptors (Lipinski definition) is 6. The third kappa shape index (κ3) is 3.03. The Labute approximate surface area is 152 Å². The molecule has 0 spiro atoms. The van der Waals surface area contributed by atoms with Gasteiger partial charge in [0.1, 0.15) is 4.88 Å². The van der Waals surface area contributed by atoms with E-state index in [1.165, 1.54) is 4.57 Å². The maximum atomic E-state index is 12.3. The van der Waals surface area contributed by atoms with Crippen LogP contribution in [0.3, 0.4) is 0 Å². The molecule has 25 heavy (non-hydrogen) atoms. The van der Waals surface area contributed by atoms with Gasteiger partial charge in [-0.2, -0.15) is 0 Å². The van der Waals surface area contributed by atoms with Gasteiger partial charge >= 0.3 is 0 Å². The molecule has 6 nitrogen and oxygen atoms in total. The first-order chi connectivity index (χ1) is 12.0. The zero-order chi connectivity index (χ0) is 18.1. The lowest BCUT2D eigenvalue weighted by Gasteiger charge is -2.20. The summed E-state index contributed by atoms with van der Waals surface area (Å²) >= 11 is 6.26. The molecule has 0 fully saturated rings. The predicted octanol–water partition coefficient (Wildman–Crippen LogP) is 0.825. The third-order valence-corrected chi connectivity index (χ3v) is 5.48. The highest BCUT2D eigenvalue weighted by molar-refractivity contribution is 7.73. The van der Waals surface area contributed by atoms with E-state index < -0.39 is 17.9 Å². The summed E-state index contributed by atoms with van der Waals surface area (Å²) in [7, 11) is 0. The number of unbranched alkanes of at least 4 members (excludes halogenated alkanes) is 1. The molecule has 0 radical (unpaired) electrons. The molecule has 0 saturated heterocycles. The molecule has 3 rings (SSSR count). The predicted molar refractivity (Wildman–Crippen MR) is 93.1 cm³/mol. The van der Waals surface area contributed by atoms with Gasteiger partial charge in [0.05, 0.1) is 22.9 Å². The van der Waals surface area contributed by atoms with E-state index in [0.29, 0.717) is 23.4 Å². The first kappa shape index (κ1) is 17.5. The molecule has 1 N–H and O–H groups in total. The lowest BCUT2D eigenvalue weighted by atomic mass is 10.1. The van der Waals surface area contributed by atoms with Crippen LogP contribution in [0.15, 0.2) is 29.3 Å². The molecule has 2 heterocycles. The van der Waals surface area contributed by atoms with Crippen LogP contribution in [0.4, 0.5) is 0 Å². The molecule has 1 atom stereocenters. The van der Waals surface area contributed by atoms with Gasteiger partial charge in [0, 0.05) is 5.22 Å². The molecule has 1 aromatic heterocycles. The zero-order valence-corrected chi connectivity index (χ0v) is 15.0. The average molecular weight is 375 g/mol. The van der Waals surface area contributed by atoms with E-state index in [-0.39, 0.29) is 20.3 Å². The van der Waals surface area contributed by atoms with Crippen molar-refractivity contribution in [3.05, 3.63) is 43.7 Å². The molecule has 130 valence electrons. The van der Waals surface area contributed by atoms with Crippen LogP contribution in [0.1, 0.15) is 37.1 Å². The summed E-state index contributed by atoms with van der Waals surface area (Å²) in [4.78, 5) is 28.0. The Morgan fingerprint density at radius 2 is 2.16 bits per heavy atom. The van der Waals surface area contributed by atoms with Crippen molar-refractivity contribution in [1.29, 1.82) is 0 Å². The van der Waals surface area contributed by atoms with E-state index in [2.05, 4.69) is 4.99 Å². The highest BCUT2D eigenvalue weighted by Gasteiger charge is 2.27. The van der Waals surface area contributed by atoms with Crippen LogP contribution in [0.25, 0.3) is 5.57 Å². The second kappa shape index (κ2) is 6.89. The molecule has 0 bridgehead atoms. The average Bonchev–Trinajstić information content (AvgIpc) is 3.04. The number of carboxylic acid groups (broad SMARTS) is 1. The number of rotatable bonds is 6. The fraction of sp³-hybridized carbons (Fsp3) is 0.294. The van der Waals surface area contributed by atoms with E-state index in [9.17, 15) is 19.8 Å². The Morgan fingerprint density at radius 3 is 2.84 bits per heavy atom. The SMILES string of the molecule is CCCC[C@@H](C(=O)[O-])n1c(O)c(C2=c3ccccc3=NC2=O)sc1=S. The van der Waals surface area contributed by atoms with Gasteiger partial charge in [-0.05, 0) is 24.7 Å². The summed E-state index contributed by atoms with van der Waals surface area (Å²) in [5, 5.41) is 23.3. The molecule has 1 aromatic carbocycles. The third-order valence-electron chi connectivity index (χ3n) is 4.07. The lowest BCUT2D eigenvalue weighted by molar-refractivity contribution is -0.310. The number of aromatic nitrogens is 1. The van der Waals surface area contributed by atoms with Gasteiger partial charge in [-0.3, -0.25) is 9.36 Å². The number of nitrogens with zero attached hydrogens (tertiary/aromatic N) is 2. The molecule has 1 aliphatic heterocycles. The van der Waals surface area contributed by atoms with E-state index in [1.807, 2.05) is 6.92 Å². The number of carbonyl (C=O) groups is 2. The van der Waals surface area contributed by atoms with Gasteiger partial charge in [-0.15, -0.1) is 11.3 Å². The largest absolute Gasteiger partial charge is 0.548 e. The summed E-state index contributed by atoms with van der Waals surface area (Å²) in [6, 6.07) is 5.91. The van der Waals surface area contributed by atoms with Crippen molar-refractivity contribution in [2.75, 3.05) is 0 Å². The molecule has 0 aliphatic carbocycles. The second-order valence-corrected chi connectivity index (χ2v) is 7.32. The van der Waals surface area contributed by atoms with Gasteiger partial charge in [0.2, 0.25) is 5.88 Å². The smallest absolute Gasteiger partial charge is 0.279 e. The number of aromatic hydroxyl groups is 1. The first-order valence-corrected chi connectivity index (χ1v) is 9.06. The zero-order valence-electron chi connectivity index (χ0n) is 13.4. The fourth-order valence-electron chi connectivity index (χ4n) is 2.85. The monoisotopic (exact) mass is 375 g/mol. The molecule has 0 unspecified atom stereocenters. The number of fused-ring (bicyclic) bond motifs is 1.